The van der Waals surface area contributed by atoms with Crippen LogP contribution in [-0.4, -0.2) is 43.6 Å². The second-order valence-corrected chi connectivity index (χ2v) is 7.07. The Morgan fingerprint density at radius 2 is 2.10 bits per heavy atom. The molecular weight excluding hydrogens is 472 g/mol. The zero-order valence-corrected chi connectivity index (χ0v) is 18.1. The molecule has 0 aliphatic carbocycles. The molecule has 160 valence electrons. The Bertz CT molecular complexity index is 1110. The third-order valence-electron chi connectivity index (χ3n) is 4.19. The molecule has 1 N–H and O–H groups in total. The summed E-state index contributed by atoms with van der Waals surface area (Å²) in [7, 11) is 2.69. The number of hydrogen-bond donors (Lipinski definition) is 1. The van der Waals surface area contributed by atoms with Crippen LogP contribution in [-0.2, 0) is 16.1 Å². The summed E-state index contributed by atoms with van der Waals surface area (Å²) in [5.74, 6) is 2.06. The van der Waals surface area contributed by atoms with Gasteiger partial charge in [0.2, 0.25) is 5.76 Å². The number of halogens is 1. The molecule has 1 aromatic carbocycles. The van der Waals surface area contributed by atoms with Crippen LogP contribution in [0.1, 0.15) is 21.9 Å². The number of hydrogen-bond acceptors (Lipinski definition) is 7. The molecule has 1 saturated heterocycles. The zero-order valence-electron chi connectivity index (χ0n) is 16.6. The quantitative estimate of drug-likeness (QED) is 0.276. The van der Waals surface area contributed by atoms with E-state index in [0.717, 1.165) is 4.90 Å². The number of ether oxygens (including phenoxy) is 3. The van der Waals surface area contributed by atoms with Crippen LogP contribution in [0.5, 0.6) is 11.5 Å². The largest absolute Gasteiger partial charge is 0.493 e. The Morgan fingerprint density at radius 1 is 1.32 bits per heavy atom. The number of imide groups is 1. The van der Waals surface area contributed by atoms with Crippen molar-refractivity contribution in [2.45, 2.75) is 6.54 Å². The number of furan rings is 1. The number of esters is 1. The second-order valence-electron chi connectivity index (χ2n) is 6.16. The van der Waals surface area contributed by atoms with Gasteiger partial charge in [-0.3, -0.25) is 9.69 Å². The monoisotopic (exact) mass is 488 g/mol. The highest BCUT2D eigenvalue weighted by atomic mass is 79.9. The summed E-state index contributed by atoms with van der Waals surface area (Å²) in [6.07, 6.45) is 6.74. The molecule has 0 atom stereocenters. The van der Waals surface area contributed by atoms with Gasteiger partial charge in [0.15, 0.2) is 11.5 Å². The smallest absolute Gasteiger partial charge is 0.373 e. The van der Waals surface area contributed by atoms with Crippen LogP contribution >= 0.6 is 15.9 Å². The van der Waals surface area contributed by atoms with Gasteiger partial charge in [-0.2, -0.15) is 0 Å². The molecule has 1 aromatic heterocycles. The first-order valence-electron chi connectivity index (χ1n) is 8.83. The van der Waals surface area contributed by atoms with Crippen molar-refractivity contribution in [2.24, 2.45) is 0 Å². The fraction of sp³-hybridized carbons (Fsp3) is 0.190. The molecule has 3 rings (SSSR count). The highest BCUT2D eigenvalue weighted by Gasteiger charge is 2.34. The lowest BCUT2D eigenvalue weighted by Gasteiger charge is -2.13. The fourth-order valence-corrected chi connectivity index (χ4v) is 3.27. The lowest BCUT2D eigenvalue weighted by atomic mass is 10.1. The van der Waals surface area contributed by atoms with Crippen molar-refractivity contribution in [1.82, 2.24) is 10.2 Å². The Hall–Kier alpha value is -3.71. The molecule has 2 heterocycles. The van der Waals surface area contributed by atoms with E-state index >= 15 is 0 Å². The van der Waals surface area contributed by atoms with E-state index in [1.165, 1.54) is 32.4 Å². The third-order valence-corrected chi connectivity index (χ3v) is 4.65. The molecule has 1 fully saturated rings. The van der Waals surface area contributed by atoms with Crippen molar-refractivity contribution >= 4 is 39.9 Å². The molecule has 0 unspecified atom stereocenters. The molecule has 10 heteroatoms. The average molecular weight is 489 g/mol. The van der Waals surface area contributed by atoms with Gasteiger partial charge in [0.05, 0.1) is 20.8 Å². The van der Waals surface area contributed by atoms with Gasteiger partial charge < -0.3 is 23.9 Å². The summed E-state index contributed by atoms with van der Waals surface area (Å²) in [4.78, 5) is 37.6. The van der Waals surface area contributed by atoms with E-state index in [0.29, 0.717) is 21.5 Å². The van der Waals surface area contributed by atoms with Crippen LogP contribution in [0.15, 0.2) is 38.9 Å². The molecule has 31 heavy (non-hydrogen) atoms. The maximum Gasteiger partial charge on any atom is 0.373 e. The van der Waals surface area contributed by atoms with Gasteiger partial charge in [0.25, 0.3) is 5.91 Å². The number of benzene rings is 1. The van der Waals surface area contributed by atoms with Crippen molar-refractivity contribution < 1.29 is 33.0 Å². The van der Waals surface area contributed by atoms with Crippen molar-refractivity contribution in [3.8, 4) is 23.8 Å². The molecule has 1 aliphatic rings. The Morgan fingerprint density at radius 3 is 2.77 bits per heavy atom. The molecular formula is C21H17BrN2O7. The number of carbonyl (C=O) groups is 3. The first-order valence-corrected chi connectivity index (χ1v) is 9.62. The predicted molar refractivity (Wildman–Crippen MR) is 112 cm³/mol. The number of methoxy groups -OCH3 is 2. The van der Waals surface area contributed by atoms with Crippen LogP contribution in [0.2, 0.25) is 0 Å². The van der Waals surface area contributed by atoms with Gasteiger partial charge in [-0.1, -0.05) is 21.9 Å². The van der Waals surface area contributed by atoms with E-state index in [-0.39, 0.29) is 30.4 Å². The van der Waals surface area contributed by atoms with E-state index < -0.39 is 17.9 Å². The van der Waals surface area contributed by atoms with Gasteiger partial charge in [0, 0.05) is 10.0 Å². The Balaban J connectivity index is 1.88. The highest BCUT2D eigenvalue weighted by Crippen LogP contribution is 2.36. The molecule has 0 bridgehead atoms. The molecule has 3 amide bonds. The van der Waals surface area contributed by atoms with Crippen molar-refractivity contribution in [2.75, 3.05) is 20.8 Å². The van der Waals surface area contributed by atoms with Crippen LogP contribution < -0.4 is 14.8 Å². The van der Waals surface area contributed by atoms with E-state index in [1.807, 2.05) is 0 Å². The number of nitrogens with zero attached hydrogens (tertiary/aromatic N) is 1. The van der Waals surface area contributed by atoms with Crippen LogP contribution in [0.4, 0.5) is 4.79 Å². The minimum absolute atomic E-state index is 0.0123. The summed E-state index contributed by atoms with van der Waals surface area (Å²) < 4.78 is 21.5. The summed E-state index contributed by atoms with van der Waals surface area (Å²) in [5.41, 5.74) is 0.494. The number of rotatable bonds is 7. The lowest BCUT2D eigenvalue weighted by molar-refractivity contribution is -0.123. The van der Waals surface area contributed by atoms with E-state index in [1.54, 1.807) is 12.1 Å². The van der Waals surface area contributed by atoms with Gasteiger partial charge in [-0.25, -0.2) is 9.59 Å². The Kier molecular flexibility index (Phi) is 6.67. The van der Waals surface area contributed by atoms with Gasteiger partial charge in [0.1, 0.15) is 18.1 Å². The molecule has 9 nitrogen and oxygen atoms in total. The van der Waals surface area contributed by atoms with Gasteiger partial charge >= 0.3 is 12.0 Å². The zero-order chi connectivity index (χ0) is 22.5. The Labute approximate surface area is 186 Å². The number of amides is 3. The van der Waals surface area contributed by atoms with E-state index in [4.69, 9.17) is 20.3 Å². The van der Waals surface area contributed by atoms with Crippen LogP contribution in [0.3, 0.4) is 0 Å². The second kappa shape index (κ2) is 9.40. The van der Waals surface area contributed by atoms with Crippen molar-refractivity contribution in [3.63, 3.8) is 0 Å². The van der Waals surface area contributed by atoms with Gasteiger partial charge in [-0.15, -0.1) is 6.42 Å². The maximum atomic E-state index is 12.8. The molecule has 0 saturated carbocycles. The summed E-state index contributed by atoms with van der Waals surface area (Å²) >= 11 is 3.37. The van der Waals surface area contributed by atoms with Crippen molar-refractivity contribution in [3.05, 3.63) is 51.5 Å². The lowest BCUT2D eigenvalue weighted by Crippen LogP contribution is -2.30. The highest BCUT2D eigenvalue weighted by molar-refractivity contribution is 9.10. The average Bonchev–Trinajstić information content (AvgIpc) is 3.32. The molecule has 0 spiro atoms. The normalized spacial score (nSPS) is 14.4. The van der Waals surface area contributed by atoms with Crippen LogP contribution in [0.25, 0.3) is 6.08 Å². The third kappa shape index (κ3) is 4.73. The topological polar surface area (TPSA) is 107 Å². The molecule has 0 radical (unpaired) electrons. The van der Waals surface area contributed by atoms with E-state index in [9.17, 15) is 14.4 Å². The maximum absolute atomic E-state index is 12.8. The first-order chi connectivity index (χ1) is 14.9. The minimum atomic E-state index is -0.660. The number of urea groups is 1. The first kappa shape index (κ1) is 22.0. The summed E-state index contributed by atoms with van der Waals surface area (Å²) in [5, 5.41) is 2.52. The van der Waals surface area contributed by atoms with E-state index in [2.05, 4.69) is 31.9 Å². The minimum Gasteiger partial charge on any atom is -0.493 e. The SMILES string of the molecule is C#CCOc1c(/C=C2\NC(=O)N(Cc3ccc(C(=O)OC)o3)C2=O)cc(Br)cc1OC. The van der Waals surface area contributed by atoms with Gasteiger partial charge in [-0.05, 0) is 30.3 Å². The number of carbonyl (C=O) groups excluding carboxylic acids is 3. The number of nitrogens with one attached hydrogen (secondary N) is 1. The van der Waals surface area contributed by atoms with Crippen LogP contribution in [0, 0.1) is 12.3 Å². The van der Waals surface area contributed by atoms with Crippen molar-refractivity contribution in [1.29, 1.82) is 0 Å². The summed E-state index contributed by atoms with van der Waals surface area (Å²) in [6, 6.07) is 5.63. The summed E-state index contributed by atoms with van der Waals surface area (Å²) in [6.45, 7) is -0.178. The number of terminal acetylenes is 1. The standard InChI is InChI=1S/C21H17BrN2O7/c1-4-7-30-18-12(8-13(22)10-17(18)28-2)9-15-19(25)24(21(27)23-15)11-14-5-6-16(31-14)20(26)29-3/h1,5-6,8-10H,7,11H2,2-3H3,(H,23,27)/b15-9-. The predicted octanol–water partition coefficient (Wildman–Crippen LogP) is 2.94. The molecule has 1 aliphatic heterocycles. The fourth-order valence-electron chi connectivity index (χ4n) is 2.82. The molecule has 2 aromatic rings.